The highest BCUT2D eigenvalue weighted by Gasteiger charge is 2.14. The summed E-state index contributed by atoms with van der Waals surface area (Å²) in [6.07, 6.45) is 1.51. The second-order valence-electron chi connectivity index (χ2n) is 4.86. The first-order valence-electron chi connectivity index (χ1n) is 5.72. The summed E-state index contributed by atoms with van der Waals surface area (Å²) in [7, 11) is 0. The molecule has 0 aliphatic rings. The van der Waals surface area contributed by atoms with Crippen LogP contribution in [-0.4, -0.2) is 31.7 Å². The molecule has 2 heterocycles. The Hall–Kier alpha value is -2.22. The Morgan fingerprint density at radius 1 is 1.53 bits per heavy atom. The molecule has 0 saturated carbocycles. The van der Waals surface area contributed by atoms with Gasteiger partial charge >= 0.3 is 0 Å². The van der Waals surface area contributed by atoms with Crippen molar-refractivity contribution in [3.8, 4) is 11.6 Å². The number of nitrogens with one attached hydrogen (secondary N) is 1. The molecule has 1 amide bonds. The number of carbonyl (C=O) groups is 1. The van der Waals surface area contributed by atoms with E-state index >= 15 is 0 Å². The van der Waals surface area contributed by atoms with Crippen molar-refractivity contribution in [3.63, 3.8) is 0 Å². The second-order valence-corrected chi connectivity index (χ2v) is 4.86. The Bertz CT molecular complexity index is 541. The maximum Gasteiger partial charge on any atom is 0.267 e. The molecule has 0 atom stereocenters. The number of hydrogen-bond acceptors (Lipinski definition) is 6. The lowest BCUT2D eigenvalue weighted by Crippen LogP contribution is -2.35. The minimum Gasteiger partial charge on any atom is -0.461 e. The van der Waals surface area contributed by atoms with E-state index in [0.29, 0.717) is 11.6 Å². The van der Waals surface area contributed by atoms with Crippen molar-refractivity contribution >= 4 is 5.91 Å². The molecule has 1 N–H and O–H groups in total. The average molecular weight is 265 g/mol. The van der Waals surface area contributed by atoms with Gasteiger partial charge in [-0.3, -0.25) is 9.63 Å². The molecule has 0 spiro atoms. The number of rotatable bonds is 4. The van der Waals surface area contributed by atoms with Gasteiger partial charge in [0.15, 0.2) is 5.76 Å². The number of furan rings is 1. The minimum atomic E-state index is -0.454. The lowest BCUT2D eigenvalue weighted by atomic mass is 10.2. The summed E-state index contributed by atoms with van der Waals surface area (Å²) in [5.41, 5.74) is 1.87. The maximum absolute atomic E-state index is 11.6. The van der Waals surface area contributed by atoms with Gasteiger partial charge in [0.2, 0.25) is 5.82 Å². The molecule has 102 valence electrons. The van der Waals surface area contributed by atoms with Gasteiger partial charge in [0, 0.05) is 0 Å². The Kier molecular flexibility index (Phi) is 3.61. The third kappa shape index (κ3) is 3.88. The Morgan fingerprint density at radius 3 is 2.95 bits per heavy atom. The van der Waals surface area contributed by atoms with Gasteiger partial charge in [0.05, 0.1) is 11.9 Å². The summed E-state index contributed by atoms with van der Waals surface area (Å²) in [6, 6.07) is 3.43. The smallest absolute Gasteiger partial charge is 0.267 e. The first kappa shape index (κ1) is 13.2. The molecule has 0 aliphatic heterocycles. The van der Waals surface area contributed by atoms with Crippen LogP contribution in [0.3, 0.4) is 0 Å². The number of nitrogens with zero attached hydrogens (tertiary/aromatic N) is 4. The first-order chi connectivity index (χ1) is 8.94. The van der Waals surface area contributed by atoms with Gasteiger partial charge in [-0.05, 0) is 38.1 Å². The highest BCUT2D eigenvalue weighted by molar-refractivity contribution is 5.74. The normalized spacial score (nSPS) is 11.5. The summed E-state index contributed by atoms with van der Waals surface area (Å²) in [6.45, 7) is 5.41. The predicted octanol–water partition coefficient (Wildman–Crippen LogP) is 0.779. The van der Waals surface area contributed by atoms with Gasteiger partial charge in [-0.15, -0.1) is 10.2 Å². The lowest BCUT2D eigenvalue weighted by Gasteiger charge is -2.18. The van der Waals surface area contributed by atoms with Crippen LogP contribution in [0.25, 0.3) is 11.6 Å². The summed E-state index contributed by atoms with van der Waals surface area (Å²) in [5.74, 6) is 0.463. The van der Waals surface area contributed by atoms with E-state index in [-0.39, 0.29) is 12.5 Å². The summed E-state index contributed by atoms with van der Waals surface area (Å²) in [5, 5.41) is 11.6. The van der Waals surface area contributed by atoms with Crippen LogP contribution in [0.15, 0.2) is 22.8 Å². The fourth-order valence-electron chi connectivity index (χ4n) is 1.19. The minimum absolute atomic E-state index is 0.0796. The van der Waals surface area contributed by atoms with E-state index in [4.69, 9.17) is 9.25 Å². The molecule has 0 radical (unpaired) electrons. The topological polar surface area (TPSA) is 95.1 Å². The van der Waals surface area contributed by atoms with E-state index in [0.717, 1.165) is 0 Å². The average Bonchev–Trinajstić information content (AvgIpc) is 2.94. The Labute approximate surface area is 109 Å². The van der Waals surface area contributed by atoms with Gasteiger partial charge in [-0.2, -0.15) is 4.80 Å². The molecule has 0 bridgehead atoms. The van der Waals surface area contributed by atoms with Gasteiger partial charge in [0.25, 0.3) is 5.91 Å². The molecule has 0 fully saturated rings. The highest BCUT2D eigenvalue weighted by Crippen LogP contribution is 2.12. The molecule has 19 heavy (non-hydrogen) atoms. The molecule has 2 aromatic rings. The summed E-state index contributed by atoms with van der Waals surface area (Å²) < 4.78 is 5.13. The zero-order valence-corrected chi connectivity index (χ0v) is 11.0. The van der Waals surface area contributed by atoms with E-state index in [2.05, 4.69) is 20.9 Å². The van der Waals surface area contributed by atoms with Crippen molar-refractivity contribution in [2.45, 2.75) is 32.9 Å². The molecular weight excluding hydrogens is 250 g/mol. The van der Waals surface area contributed by atoms with Gasteiger partial charge in [-0.25, -0.2) is 5.48 Å². The fourth-order valence-corrected chi connectivity index (χ4v) is 1.19. The third-order valence-corrected chi connectivity index (χ3v) is 1.95. The van der Waals surface area contributed by atoms with E-state index in [1.807, 2.05) is 20.8 Å². The van der Waals surface area contributed by atoms with Crippen LogP contribution in [0, 0.1) is 0 Å². The van der Waals surface area contributed by atoms with Gasteiger partial charge < -0.3 is 4.42 Å². The van der Waals surface area contributed by atoms with Crippen LogP contribution in [0.4, 0.5) is 0 Å². The number of tetrazole rings is 1. The van der Waals surface area contributed by atoms with Crippen LogP contribution in [0.2, 0.25) is 0 Å². The highest BCUT2D eigenvalue weighted by atomic mass is 16.7. The molecule has 2 rings (SSSR count). The molecule has 0 aliphatic carbocycles. The number of hydrogen-bond donors (Lipinski definition) is 1. The van der Waals surface area contributed by atoms with Crippen molar-refractivity contribution in [3.05, 3.63) is 18.4 Å². The molecular formula is C11H15N5O3. The number of aromatic nitrogens is 4. The molecule has 0 saturated heterocycles. The van der Waals surface area contributed by atoms with E-state index in [9.17, 15) is 4.79 Å². The standard InChI is InChI=1S/C11H15N5O3/c1-11(2,3)19-14-9(17)7-16-13-10(12-15-16)8-5-4-6-18-8/h4-6H,7H2,1-3H3,(H,14,17). The third-order valence-electron chi connectivity index (χ3n) is 1.95. The summed E-state index contributed by atoms with van der Waals surface area (Å²) in [4.78, 5) is 17.9. The number of amides is 1. The molecule has 0 aromatic carbocycles. The van der Waals surface area contributed by atoms with Crippen LogP contribution in [0.1, 0.15) is 20.8 Å². The quantitative estimate of drug-likeness (QED) is 0.821. The second kappa shape index (κ2) is 5.19. The van der Waals surface area contributed by atoms with Crippen molar-refractivity contribution < 1.29 is 14.0 Å². The summed E-state index contributed by atoms with van der Waals surface area (Å²) >= 11 is 0. The van der Waals surface area contributed by atoms with Crippen molar-refractivity contribution in [2.75, 3.05) is 0 Å². The molecule has 8 nitrogen and oxygen atoms in total. The predicted molar refractivity (Wildman–Crippen MR) is 64.5 cm³/mol. The van der Waals surface area contributed by atoms with Gasteiger partial charge in [-0.1, -0.05) is 0 Å². The van der Waals surface area contributed by atoms with E-state index in [1.54, 1.807) is 12.1 Å². The SMILES string of the molecule is CC(C)(C)ONC(=O)Cn1nnc(-c2ccco2)n1. The largest absolute Gasteiger partial charge is 0.461 e. The molecule has 8 heteroatoms. The van der Waals surface area contributed by atoms with Crippen LogP contribution in [-0.2, 0) is 16.2 Å². The molecule has 2 aromatic heterocycles. The van der Waals surface area contributed by atoms with Crippen molar-refractivity contribution in [1.82, 2.24) is 25.7 Å². The van der Waals surface area contributed by atoms with E-state index in [1.165, 1.54) is 11.1 Å². The van der Waals surface area contributed by atoms with Crippen LogP contribution < -0.4 is 5.48 Å². The van der Waals surface area contributed by atoms with Crippen LogP contribution >= 0.6 is 0 Å². The van der Waals surface area contributed by atoms with Crippen LogP contribution in [0.5, 0.6) is 0 Å². The lowest BCUT2D eigenvalue weighted by molar-refractivity contribution is -0.146. The Morgan fingerprint density at radius 2 is 2.32 bits per heavy atom. The number of hydroxylamine groups is 1. The van der Waals surface area contributed by atoms with E-state index < -0.39 is 5.60 Å². The maximum atomic E-state index is 11.6. The first-order valence-corrected chi connectivity index (χ1v) is 5.72. The molecule has 0 unspecified atom stereocenters. The zero-order chi connectivity index (χ0) is 13.9. The number of carbonyl (C=O) groups excluding carboxylic acids is 1. The van der Waals surface area contributed by atoms with Gasteiger partial charge in [0.1, 0.15) is 6.54 Å². The monoisotopic (exact) mass is 265 g/mol. The van der Waals surface area contributed by atoms with Crippen molar-refractivity contribution in [1.29, 1.82) is 0 Å². The fraction of sp³-hybridized carbons (Fsp3) is 0.455. The zero-order valence-electron chi connectivity index (χ0n) is 11.0. The van der Waals surface area contributed by atoms with Crippen molar-refractivity contribution in [2.24, 2.45) is 0 Å². The Balaban J connectivity index is 1.91.